The summed E-state index contributed by atoms with van der Waals surface area (Å²) in [6, 6.07) is 14.6. The van der Waals surface area contributed by atoms with Gasteiger partial charge in [-0.3, -0.25) is 4.98 Å². The highest BCUT2D eigenvalue weighted by Gasteiger charge is 2.22. The Bertz CT molecular complexity index is 1020. The third-order valence-electron chi connectivity index (χ3n) is 6.07. The van der Waals surface area contributed by atoms with Crippen LogP contribution < -0.4 is 15.4 Å². The molecule has 0 saturated carbocycles. The predicted molar refractivity (Wildman–Crippen MR) is 126 cm³/mol. The van der Waals surface area contributed by atoms with Gasteiger partial charge in [-0.15, -0.1) is 0 Å². The molecular formula is C25H31FN4O2. The van der Waals surface area contributed by atoms with Crippen molar-refractivity contribution in [3.05, 3.63) is 66.1 Å². The van der Waals surface area contributed by atoms with Crippen LogP contribution >= 0.6 is 0 Å². The minimum absolute atomic E-state index is 0.226. The average molecular weight is 439 g/mol. The van der Waals surface area contributed by atoms with E-state index in [-0.39, 0.29) is 5.82 Å². The van der Waals surface area contributed by atoms with Crippen molar-refractivity contribution in [1.29, 1.82) is 0 Å². The summed E-state index contributed by atoms with van der Waals surface area (Å²) in [5.74, 6) is 0.536. The van der Waals surface area contributed by atoms with Gasteiger partial charge >= 0.3 is 0 Å². The van der Waals surface area contributed by atoms with Gasteiger partial charge in [-0.2, -0.15) is 0 Å². The van der Waals surface area contributed by atoms with E-state index >= 15 is 0 Å². The molecule has 1 aliphatic heterocycles. The second-order valence-electron chi connectivity index (χ2n) is 8.27. The molecular weight excluding hydrogens is 407 g/mol. The quantitative estimate of drug-likeness (QED) is 0.444. The van der Waals surface area contributed by atoms with Gasteiger partial charge in [0.1, 0.15) is 11.6 Å². The number of ether oxygens (including phenoxy) is 1. The molecule has 0 radical (unpaired) electrons. The number of piperidine rings is 1. The highest BCUT2D eigenvalue weighted by atomic mass is 19.1. The summed E-state index contributed by atoms with van der Waals surface area (Å²) in [6.45, 7) is 4.07. The number of methoxy groups -OCH3 is 1. The molecule has 7 heteroatoms. The Labute approximate surface area is 188 Å². The van der Waals surface area contributed by atoms with E-state index < -0.39 is 6.10 Å². The van der Waals surface area contributed by atoms with Gasteiger partial charge in [0.05, 0.1) is 18.7 Å². The first kappa shape index (κ1) is 22.5. The molecule has 32 heavy (non-hydrogen) atoms. The van der Waals surface area contributed by atoms with Crippen LogP contribution in [0, 0.1) is 5.82 Å². The lowest BCUT2D eigenvalue weighted by Gasteiger charge is -2.33. The molecule has 170 valence electrons. The molecule has 0 aliphatic carbocycles. The molecule has 1 aromatic heterocycles. The molecule has 4 rings (SSSR count). The number of fused-ring (bicyclic) bond motifs is 1. The van der Waals surface area contributed by atoms with Crippen molar-refractivity contribution in [2.24, 2.45) is 0 Å². The molecule has 0 bridgehead atoms. The number of hydrogen-bond donors (Lipinski definition) is 3. The van der Waals surface area contributed by atoms with Crippen molar-refractivity contribution in [1.82, 2.24) is 15.2 Å². The number of likely N-dealkylation sites (tertiary alicyclic amines) is 1. The van der Waals surface area contributed by atoms with Crippen LogP contribution in [0.25, 0.3) is 10.9 Å². The van der Waals surface area contributed by atoms with Gasteiger partial charge in [0.25, 0.3) is 0 Å². The number of aromatic nitrogens is 1. The van der Waals surface area contributed by atoms with E-state index in [0.29, 0.717) is 12.6 Å². The number of hydrogen-bond acceptors (Lipinski definition) is 6. The maximum absolute atomic E-state index is 13.2. The van der Waals surface area contributed by atoms with Crippen molar-refractivity contribution in [2.45, 2.75) is 25.0 Å². The van der Waals surface area contributed by atoms with E-state index in [1.165, 1.54) is 12.1 Å². The number of aliphatic hydroxyl groups excluding tert-OH is 1. The monoisotopic (exact) mass is 438 g/mol. The first-order chi connectivity index (χ1) is 15.6. The van der Waals surface area contributed by atoms with E-state index in [9.17, 15) is 9.50 Å². The van der Waals surface area contributed by atoms with Crippen LogP contribution in [0.1, 0.15) is 24.5 Å². The summed E-state index contributed by atoms with van der Waals surface area (Å²) in [6.07, 6.45) is 3.25. The molecule has 6 nitrogen and oxygen atoms in total. The summed E-state index contributed by atoms with van der Waals surface area (Å²) in [7, 11) is 1.64. The van der Waals surface area contributed by atoms with E-state index in [1.807, 2.05) is 30.3 Å². The maximum Gasteiger partial charge on any atom is 0.125 e. The van der Waals surface area contributed by atoms with Gasteiger partial charge in [-0.1, -0.05) is 6.07 Å². The van der Waals surface area contributed by atoms with Gasteiger partial charge in [-0.25, -0.2) is 4.39 Å². The Kier molecular flexibility index (Phi) is 7.52. The van der Waals surface area contributed by atoms with Crippen LogP contribution in [-0.2, 0) is 0 Å². The van der Waals surface area contributed by atoms with Crippen LogP contribution in [0.15, 0.2) is 54.7 Å². The number of aliphatic hydroxyl groups is 1. The van der Waals surface area contributed by atoms with Gasteiger partial charge in [0, 0.05) is 42.9 Å². The topological polar surface area (TPSA) is 69.7 Å². The van der Waals surface area contributed by atoms with Crippen molar-refractivity contribution in [3.63, 3.8) is 0 Å². The number of nitrogens with one attached hydrogen (secondary N) is 2. The van der Waals surface area contributed by atoms with Gasteiger partial charge in [0.2, 0.25) is 0 Å². The predicted octanol–water partition coefficient (Wildman–Crippen LogP) is 3.58. The molecule has 0 amide bonds. The highest BCUT2D eigenvalue weighted by Crippen LogP contribution is 2.27. The lowest BCUT2D eigenvalue weighted by atomic mass is 10.0. The minimum atomic E-state index is -0.576. The SMILES string of the molecule is COc1ccc2nccc([C@@H](O)CN3CCC(NCCNc4cccc(F)c4)CC3)c2c1. The lowest BCUT2D eigenvalue weighted by Crippen LogP contribution is -2.44. The fourth-order valence-electron chi connectivity index (χ4n) is 4.31. The van der Waals surface area contributed by atoms with E-state index in [2.05, 4.69) is 20.5 Å². The van der Waals surface area contributed by atoms with Crippen LogP contribution in [0.2, 0.25) is 0 Å². The molecule has 3 N–H and O–H groups in total. The highest BCUT2D eigenvalue weighted by molar-refractivity contribution is 5.83. The summed E-state index contributed by atoms with van der Waals surface area (Å²) in [5, 5.41) is 18.7. The van der Waals surface area contributed by atoms with Crippen molar-refractivity contribution < 1.29 is 14.2 Å². The van der Waals surface area contributed by atoms with Crippen molar-refractivity contribution in [2.75, 3.05) is 45.2 Å². The zero-order valence-corrected chi connectivity index (χ0v) is 18.4. The van der Waals surface area contributed by atoms with Crippen LogP contribution in [0.5, 0.6) is 5.75 Å². The van der Waals surface area contributed by atoms with Crippen molar-refractivity contribution in [3.8, 4) is 5.75 Å². The van der Waals surface area contributed by atoms with Crippen molar-refractivity contribution >= 4 is 16.6 Å². The number of halogens is 1. The molecule has 1 atom stereocenters. The first-order valence-corrected chi connectivity index (χ1v) is 11.2. The largest absolute Gasteiger partial charge is 0.497 e. The Morgan fingerprint density at radius 1 is 1.16 bits per heavy atom. The Morgan fingerprint density at radius 3 is 2.78 bits per heavy atom. The number of β-amino-alcohol motifs (C(OH)–C–C–N with tert-alkyl or cyclic N) is 1. The molecule has 1 saturated heterocycles. The molecule has 3 aromatic rings. The number of pyridine rings is 1. The summed E-state index contributed by atoms with van der Waals surface area (Å²) < 4.78 is 18.6. The molecule has 2 heterocycles. The smallest absolute Gasteiger partial charge is 0.125 e. The number of benzene rings is 2. The molecule has 2 aromatic carbocycles. The van der Waals surface area contributed by atoms with Gasteiger partial charge in [-0.05, 0) is 74.0 Å². The molecule has 1 aliphatic rings. The molecule has 1 fully saturated rings. The second-order valence-corrected chi connectivity index (χ2v) is 8.27. The zero-order chi connectivity index (χ0) is 22.3. The van der Waals surface area contributed by atoms with Crippen LogP contribution in [0.4, 0.5) is 10.1 Å². The number of nitrogens with zero attached hydrogens (tertiary/aromatic N) is 2. The Balaban J connectivity index is 1.23. The fourth-order valence-corrected chi connectivity index (χ4v) is 4.31. The number of rotatable bonds is 9. The van der Waals surface area contributed by atoms with E-state index in [0.717, 1.165) is 66.9 Å². The lowest BCUT2D eigenvalue weighted by molar-refractivity contribution is 0.0952. The summed E-state index contributed by atoms with van der Waals surface area (Å²) in [5.41, 5.74) is 2.55. The van der Waals surface area contributed by atoms with Gasteiger partial charge < -0.3 is 25.4 Å². The molecule has 0 unspecified atom stereocenters. The normalized spacial score (nSPS) is 16.2. The van der Waals surface area contributed by atoms with E-state index in [1.54, 1.807) is 19.4 Å². The third kappa shape index (κ3) is 5.73. The second kappa shape index (κ2) is 10.7. The molecule has 0 spiro atoms. The van der Waals surface area contributed by atoms with Crippen LogP contribution in [0.3, 0.4) is 0 Å². The first-order valence-electron chi connectivity index (χ1n) is 11.2. The van der Waals surface area contributed by atoms with Gasteiger partial charge in [0.15, 0.2) is 0 Å². The Hall–Kier alpha value is -2.74. The number of anilines is 1. The fraction of sp³-hybridized carbons (Fsp3) is 0.400. The van der Waals surface area contributed by atoms with E-state index in [4.69, 9.17) is 4.74 Å². The average Bonchev–Trinajstić information content (AvgIpc) is 2.82. The third-order valence-corrected chi connectivity index (χ3v) is 6.07. The minimum Gasteiger partial charge on any atom is -0.497 e. The Morgan fingerprint density at radius 2 is 2.00 bits per heavy atom. The summed E-state index contributed by atoms with van der Waals surface area (Å²) >= 11 is 0. The van der Waals surface area contributed by atoms with Crippen LogP contribution in [-0.4, -0.2) is 60.9 Å². The standard InChI is InChI=1S/C25H31FN4O2/c1-32-21-5-6-24-23(16-21)22(7-10-29-24)25(31)17-30-13-8-19(9-14-30)27-11-12-28-20-4-2-3-18(26)15-20/h2-7,10,15-16,19,25,27-28,31H,8-9,11-14,17H2,1H3/t25-/m0/s1. The summed E-state index contributed by atoms with van der Waals surface area (Å²) in [4.78, 5) is 6.72. The maximum atomic E-state index is 13.2. The zero-order valence-electron chi connectivity index (χ0n) is 18.4.